The summed E-state index contributed by atoms with van der Waals surface area (Å²) in [4.78, 5) is 38.9. The fourth-order valence-electron chi connectivity index (χ4n) is 5.08. The molecular weight excluding hydrogens is 416 g/mol. The predicted octanol–water partition coefficient (Wildman–Crippen LogP) is 1.44. The van der Waals surface area contributed by atoms with E-state index < -0.39 is 5.54 Å². The number of piperazine rings is 1. The van der Waals surface area contributed by atoms with Gasteiger partial charge in [-0.1, -0.05) is 36.4 Å². The molecule has 4 heterocycles. The number of anilines is 1. The number of hydrogen-bond donors (Lipinski definition) is 1. The number of pyridine rings is 1. The van der Waals surface area contributed by atoms with Crippen LogP contribution < -0.4 is 10.2 Å². The highest BCUT2D eigenvalue weighted by Gasteiger charge is 2.50. The molecule has 174 valence electrons. The van der Waals surface area contributed by atoms with Crippen molar-refractivity contribution < 1.29 is 9.59 Å². The van der Waals surface area contributed by atoms with Gasteiger partial charge in [0, 0.05) is 45.5 Å². The van der Waals surface area contributed by atoms with Crippen LogP contribution in [0.15, 0.2) is 54.7 Å². The Morgan fingerprint density at radius 3 is 2.42 bits per heavy atom. The Morgan fingerprint density at radius 2 is 1.70 bits per heavy atom. The van der Waals surface area contributed by atoms with Gasteiger partial charge in [0.2, 0.25) is 0 Å². The van der Waals surface area contributed by atoms with Gasteiger partial charge in [-0.25, -0.2) is 9.78 Å². The second-order valence-electron chi connectivity index (χ2n) is 9.33. The average Bonchev–Trinajstić information content (AvgIpc) is 3.17. The summed E-state index contributed by atoms with van der Waals surface area (Å²) in [5.74, 6) is 1.14. The minimum Gasteiger partial charge on any atom is -0.354 e. The zero-order chi connectivity index (χ0) is 22.7. The number of nitrogens with one attached hydrogen (secondary N) is 1. The molecular formula is C25H32N6O2. The second kappa shape index (κ2) is 9.49. The van der Waals surface area contributed by atoms with E-state index >= 15 is 0 Å². The van der Waals surface area contributed by atoms with Crippen molar-refractivity contribution in [1.29, 1.82) is 0 Å². The summed E-state index contributed by atoms with van der Waals surface area (Å²) in [7, 11) is 0. The zero-order valence-corrected chi connectivity index (χ0v) is 19.0. The van der Waals surface area contributed by atoms with Crippen LogP contribution in [-0.4, -0.2) is 96.1 Å². The summed E-state index contributed by atoms with van der Waals surface area (Å²) in [6, 6.07) is 16.2. The first-order valence-electron chi connectivity index (χ1n) is 11.9. The summed E-state index contributed by atoms with van der Waals surface area (Å²) in [6.07, 6.45) is 3.43. The average molecular weight is 449 g/mol. The molecule has 3 aliphatic rings. The monoisotopic (exact) mass is 448 g/mol. The molecule has 1 N–H and O–H groups in total. The Hall–Kier alpha value is -2.97. The van der Waals surface area contributed by atoms with E-state index in [9.17, 15) is 9.59 Å². The van der Waals surface area contributed by atoms with Crippen molar-refractivity contribution in [3.05, 3.63) is 60.3 Å². The van der Waals surface area contributed by atoms with Gasteiger partial charge in [0.25, 0.3) is 0 Å². The molecule has 1 atom stereocenters. The number of hydrogen-bond acceptors (Lipinski definition) is 6. The minimum absolute atomic E-state index is 0.117. The highest BCUT2D eigenvalue weighted by atomic mass is 16.2. The third kappa shape index (κ3) is 4.86. The van der Waals surface area contributed by atoms with Gasteiger partial charge in [-0.05, 0) is 30.5 Å². The van der Waals surface area contributed by atoms with E-state index in [2.05, 4.69) is 37.1 Å². The van der Waals surface area contributed by atoms with Crippen LogP contribution in [0, 0.1) is 0 Å². The van der Waals surface area contributed by atoms with E-state index in [1.165, 1.54) is 5.56 Å². The maximum atomic E-state index is 13.1. The third-order valence-corrected chi connectivity index (χ3v) is 7.13. The molecule has 0 aliphatic carbocycles. The van der Waals surface area contributed by atoms with Crippen molar-refractivity contribution in [3.8, 4) is 0 Å². The first-order valence-corrected chi connectivity index (χ1v) is 11.9. The Kier molecular flexibility index (Phi) is 6.28. The molecule has 1 aromatic heterocycles. The molecule has 1 aromatic carbocycles. The van der Waals surface area contributed by atoms with Gasteiger partial charge in [-0.2, -0.15) is 0 Å². The number of carbonyl (C=O) groups is 2. The van der Waals surface area contributed by atoms with E-state index in [0.717, 1.165) is 51.5 Å². The molecule has 3 fully saturated rings. The number of piperidine rings is 1. The van der Waals surface area contributed by atoms with Crippen LogP contribution in [0.5, 0.6) is 0 Å². The van der Waals surface area contributed by atoms with Crippen LogP contribution in [0.2, 0.25) is 0 Å². The lowest BCUT2D eigenvalue weighted by molar-refractivity contribution is -0.129. The smallest absolute Gasteiger partial charge is 0.319 e. The molecule has 0 saturated carbocycles. The van der Waals surface area contributed by atoms with Crippen LogP contribution >= 0.6 is 0 Å². The fourth-order valence-corrected chi connectivity index (χ4v) is 5.08. The standard InChI is InChI=1S/C25H32N6O2/c32-22-18-28(12-9-21-6-2-1-3-7-21)13-10-25(22)19-31(24(33)27-25)20-29-14-16-30(17-15-29)23-8-4-5-11-26-23/h1-8,11H,9-10,12-20H2,(H,27,33). The van der Waals surface area contributed by atoms with Gasteiger partial charge in [-0.15, -0.1) is 0 Å². The number of Topliss-reactive ketones (excluding diaryl/α,β-unsaturated/α-hetero) is 1. The van der Waals surface area contributed by atoms with Gasteiger partial charge < -0.3 is 15.1 Å². The van der Waals surface area contributed by atoms with Crippen LogP contribution in [-0.2, 0) is 11.2 Å². The number of nitrogens with zero attached hydrogens (tertiary/aromatic N) is 5. The molecule has 2 amide bonds. The summed E-state index contributed by atoms with van der Waals surface area (Å²) in [6.45, 7) is 6.64. The molecule has 8 heteroatoms. The lowest BCUT2D eigenvalue weighted by atomic mass is 9.87. The normalized spacial score (nSPS) is 24.5. The number of carbonyl (C=O) groups excluding carboxylic acids is 2. The zero-order valence-electron chi connectivity index (χ0n) is 19.0. The van der Waals surface area contributed by atoms with Crippen molar-refractivity contribution in [2.45, 2.75) is 18.4 Å². The molecule has 0 radical (unpaired) electrons. The number of likely N-dealkylation sites (tertiary alicyclic amines) is 1. The number of ketones is 1. The molecule has 1 unspecified atom stereocenters. The molecule has 33 heavy (non-hydrogen) atoms. The van der Waals surface area contributed by atoms with Gasteiger partial charge >= 0.3 is 6.03 Å². The lowest BCUT2D eigenvalue weighted by Gasteiger charge is -2.38. The van der Waals surface area contributed by atoms with Gasteiger partial charge in [-0.3, -0.25) is 14.6 Å². The highest BCUT2D eigenvalue weighted by Crippen LogP contribution is 2.26. The van der Waals surface area contributed by atoms with E-state index in [0.29, 0.717) is 26.2 Å². The topological polar surface area (TPSA) is 72.0 Å². The van der Waals surface area contributed by atoms with Crippen molar-refractivity contribution in [1.82, 2.24) is 25.0 Å². The Bertz CT molecular complexity index is 963. The maximum absolute atomic E-state index is 13.1. The van der Waals surface area contributed by atoms with Gasteiger partial charge in [0.1, 0.15) is 11.4 Å². The first-order chi connectivity index (χ1) is 16.1. The minimum atomic E-state index is -0.726. The van der Waals surface area contributed by atoms with Crippen molar-refractivity contribution in [2.75, 3.05) is 63.9 Å². The van der Waals surface area contributed by atoms with Crippen molar-refractivity contribution in [3.63, 3.8) is 0 Å². The van der Waals surface area contributed by atoms with E-state index in [1.807, 2.05) is 47.5 Å². The molecule has 8 nitrogen and oxygen atoms in total. The van der Waals surface area contributed by atoms with E-state index in [-0.39, 0.29) is 11.8 Å². The van der Waals surface area contributed by atoms with E-state index in [4.69, 9.17) is 0 Å². The number of rotatable bonds is 6. The Labute approximate surface area is 195 Å². The van der Waals surface area contributed by atoms with E-state index in [1.54, 1.807) is 0 Å². The second-order valence-corrected chi connectivity index (χ2v) is 9.33. The molecule has 2 aromatic rings. The summed E-state index contributed by atoms with van der Waals surface area (Å²) in [5.41, 5.74) is 0.560. The number of urea groups is 1. The number of aromatic nitrogens is 1. The highest BCUT2D eigenvalue weighted by molar-refractivity contribution is 5.97. The van der Waals surface area contributed by atoms with Crippen LogP contribution in [0.4, 0.5) is 10.6 Å². The quantitative estimate of drug-likeness (QED) is 0.721. The van der Waals surface area contributed by atoms with Gasteiger partial charge in [0.05, 0.1) is 19.8 Å². The molecule has 3 aliphatic heterocycles. The molecule has 3 saturated heterocycles. The fraction of sp³-hybridized carbons (Fsp3) is 0.480. The summed E-state index contributed by atoms with van der Waals surface area (Å²) in [5, 5.41) is 3.05. The SMILES string of the molecule is O=C1NC2(CCN(CCc3ccccc3)CC2=O)CN1CN1CCN(c2ccccn2)CC1. The van der Waals surface area contributed by atoms with Crippen molar-refractivity contribution in [2.24, 2.45) is 0 Å². The predicted molar refractivity (Wildman–Crippen MR) is 127 cm³/mol. The largest absolute Gasteiger partial charge is 0.354 e. The van der Waals surface area contributed by atoms with Gasteiger partial charge in [0.15, 0.2) is 5.78 Å². The Balaban J connectivity index is 1.11. The lowest BCUT2D eigenvalue weighted by Crippen LogP contribution is -2.60. The third-order valence-electron chi connectivity index (χ3n) is 7.13. The maximum Gasteiger partial charge on any atom is 0.319 e. The number of amides is 2. The van der Waals surface area contributed by atoms with Crippen LogP contribution in [0.25, 0.3) is 0 Å². The van der Waals surface area contributed by atoms with Crippen LogP contribution in [0.1, 0.15) is 12.0 Å². The van der Waals surface area contributed by atoms with Crippen molar-refractivity contribution >= 4 is 17.6 Å². The molecule has 5 rings (SSSR count). The molecule has 1 spiro atoms. The summed E-state index contributed by atoms with van der Waals surface area (Å²) < 4.78 is 0. The number of benzene rings is 1. The first kappa shape index (κ1) is 21.9. The van der Waals surface area contributed by atoms with Crippen LogP contribution in [0.3, 0.4) is 0 Å². The summed E-state index contributed by atoms with van der Waals surface area (Å²) >= 11 is 0. The molecule has 0 bridgehead atoms. The Morgan fingerprint density at radius 1 is 0.909 bits per heavy atom.